The monoisotopic (exact) mass is 173 g/mol. The van der Waals surface area contributed by atoms with Crippen LogP contribution in [0.25, 0.3) is 0 Å². The molecule has 1 heterocycles. The maximum Gasteiger partial charge on any atom is 0.124 e. The lowest BCUT2D eigenvalue weighted by atomic mass is 9.83. The van der Waals surface area contributed by atoms with Gasteiger partial charge in [0.15, 0.2) is 0 Å². The summed E-state index contributed by atoms with van der Waals surface area (Å²) in [5, 5.41) is 0. The zero-order valence-electron chi connectivity index (χ0n) is 7.33. The van der Waals surface area contributed by atoms with Gasteiger partial charge < -0.3 is 4.79 Å². The number of nitrogens with zero attached hydrogens (tertiary/aromatic N) is 1. The van der Waals surface area contributed by atoms with Crippen LogP contribution in [0.4, 0.5) is 0 Å². The predicted molar refractivity (Wildman–Crippen MR) is 48.4 cm³/mol. The first-order chi connectivity index (χ1) is 5.10. The summed E-state index contributed by atoms with van der Waals surface area (Å²) in [5.41, 5.74) is 0.171. The Kier molecular flexibility index (Phi) is 2.60. The molecule has 0 saturated carbocycles. The van der Waals surface area contributed by atoms with E-state index in [0.717, 1.165) is 19.4 Å². The summed E-state index contributed by atoms with van der Waals surface area (Å²) in [6.07, 6.45) is 3.15. The van der Waals surface area contributed by atoms with E-state index < -0.39 is 0 Å². The van der Waals surface area contributed by atoms with Crippen LogP contribution in [0.3, 0.4) is 0 Å². The number of carbonyl (C=O) groups excluding carboxylic acids is 1. The second-order valence-corrected chi connectivity index (χ2v) is 4.62. The van der Waals surface area contributed by atoms with Crippen LogP contribution in [0, 0.1) is 11.3 Å². The molecule has 0 aromatic heterocycles. The third-order valence-corrected chi connectivity index (χ3v) is 3.21. The molecular formula is C8H15NOS. The molecule has 0 radical (unpaired) electrons. The smallest absolute Gasteiger partial charge is 0.124 e. The summed E-state index contributed by atoms with van der Waals surface area (Å²) in [5.74, 6) is 0.218. The molecular weight excluding hydrogens is 158 g/mol. The van der Waals surface area contributed by atoms with Crippen molar-refractivity contribution in [1.82, 2.24) is 4.31 Å². The van der Waals surface area contributed by atoms with Crippen molar-refractivity contribution in [3.63, 3.8) is 0 Å². The molecule has 0 aromatic rings. The summed E-state index contributed by atoms with van der Waals surface area (Å²) in [6, 6.07) is 0. The molecule has 3 heteroatoms. The van der Waals surface area contributed by atoms with Gasteiger partial charge in [-0.05, 0) is 11.7 Å². The van der Waals surface area contributed by atoms with E-state index in [1.165, 1.54) is 0 Å². The predicted octanol–water partition coefficient (Wildman–Crippen LogP) is 1.42. The largest absolute Gasteiger partial charge is 0.303 e. The van der Waals surface area contributed by atoms with Crippen LogP contribution in [0.15, 0.2) is 0 Å². The molecule has 1 saturated heterocycles. The van der Waals surface area contributed by atoms with Crippen LogP contribution in [-0.4, -0.2) is 29.9 Å². The molecule has 1 aliphatic heterocycles. The van der Waals surface area contributed by atoms with E-state index in [9.17, 15) is 4.79 Å². The molecule has 0 aromatic carbocycles. The molecule has 0 aliphatic carbocycles. The first kappa shape index (κ1) is 9.07. The Balaban J connectivity index is 2.62. The molecule has 64 valence electrons. The van der Waals surface area contributed by atoms with Crippen molar-refractivity contribution in [2.45, 2.75) is 13.8 Å². The Morgan fingerprint density at radius 1 is 1.64 bits per heavy atom. The van der Waals surface area contributed by atoms with E-state index in [2.05, 4.69) is 24.4 Å². The summed E-state index contributed by atoms with van der Waals surface area (Å²) in [6.45, 7) is 6.25. The van der Waals surface area contributed by atoms with Crippen LogP contribution in [0.5, 0.6) is 0 Å². The number of carbonyl (C=O) groups is 1. The minimum Gasteiger partial charge on any atom is -0.303 e. The Hall–Kier alpha value is -0.0200. The highest BCUT2D eigenvalue weighted by molar-refractivity contribution is 7.96. The highest BCUT2D eigenvalue weighted by Gasteiger charge is 2.38. The molecule has 0 amide bonds. The Morgan fingerprint density at radius 2 is 2.27 bits per heavy atom. The van der Waals surface area contributed by atoms with E-state index >= 15 is 0 Å². The van der Waals surface area contributed by atoms with Gasteiger partial charge in [0, 0.05) is 19.0 Å². The molecule has 0 spiro atoms. The van der Waals surface area contributed by atoms with Crippen molar-refractivity contribution >= 4 is 18.2 Å². The van der Waals surface area contributed by atoms with Crippen LogP contribution in [0.2, 0.25) is 0 Å². The fourth-order valence-corrected chi connectivity index (χ4v) is 2.24. The molecule has 11 heavy (non-hydrogen) atoms. The minimum atomic E-state index is 0.171. The number of rotatable bonds is 2. The molecule has 1 atom stereocenters. The molecule has 2 nitrogen and oxygen atoms in total. The fourth-order valence-electron chi connectivity index (χ4n) is 1.47. The van der Waals surface area contributed by atoms with Crippen molar-refractivity contribution < 1.29 is 4.79 Å². The van der Waals surface area contributed by atoms with Crippen molar-refractivity contribution in [3.05, 3.63) is 0 Å². The lowest BCUT2D eigenvalue weighted by Gasteiger charge is -2.20. The third kappa shape index (κ3) is 1.76. The van der Waals surface area contributed by atoms with Gasteiger partial charge in [-0.1, -0.05) is 25.8 Å². The molecule has 0 N–H and O–H groups in total. The first-order valence-electron chi connectivity index (χ1n) is 3.84. The van der Waals surface area contributed by atoms with Crippen molar-refractivity contribution in [2.24, 2.45) is 11.3 Å². The van der Waals surface area contributed by atoms with E-state index in [4.69, 9.17) is 0 Å². The van der Waals surface area contributed by atoms with Gasteiger partial charge in [-0.2, -0.15) is 0 Å². The second kappa shape index (κ2) is 3.15. The van der Waals surface area contributed by atoms with Crippen molar-refractivity contribution in [2.75, 3.05) is 19.3 Å². The van der Waals surface area contributed by atoms with E-state index in [1.54, 1.807) is 11.9 Å². The summed E-state index contributed by atoms with van der Waals surface area (Å²) in [7, 11) is 0. The van der Waals surface area contributed by atoms with Crippen molar-refractivity contribution in [1.29, 1.82) is 0 Å². The minimum absolute atomic E-state index is 0.171. The van der Waals surface area contributed by atoms with Crippen LogP contribution in [-0.2, 0) is 4.79 Å². The number of hydrogen-bond acceptors (Lipinski definition) is 3. The van der Waals surface area contributed by atoms with Gasteiger partial charge in [-0.25, -0.2) is 4.31 Å². The van der Waals surface area contributed by atoms with Gasteiger partial charge in [0.2, 0.25) is 0 Å². The van der Waals surface area contributed by atoms with Gasteiger partial charge in [0.05, 0.1) is 0 Å². The Labute approximate surface area is 72.5 Å². The SMILES string of the molecule is CSN1C[C@@H](C=O)C(C)(C)C1. The quantitative estimate of drug-likeness (QED) is 0.465. The topological polar surface area (TPSA) is 20.3 Å². The van der Waals surface area contributed by atoms with Crippen LogP contribution < -0.4 is 0 Å². The highest BCUT2D eigenvalue weighted by Crippen LogP contribution is 2.36. The summed E-state index contributed by atoms with van der Waals surface area (Å²) in [4.78, 5) is 10.6. The van der Waals surface area contributed by atoms with Gasteiger partial charge in [-0.15, -0.1) is 0 Å². The molecule has 1 aliphatic rings. The highest BCUT2D eigenvalue weighted by atomic mass is 32.2. The molecule has 0 bridgehead atoms. The maximum atomic E-state index is 10.6. The molecule has 1 rings (SSSR count). The van der Waals surface area contributed by atoms with E-state index in [1.807, 2.05) is 0 Å². The average Bonchev–Trinajstić information content (AvgIpc) is 2.24. The van der Waals surface area contributed by atoms with Crippen molar-refractivity contribution in [3.8, 4) is 0 Å². The Bertz CT molecular complexity index is 158. The van der Waals surface area contributed by atoms with Gasteiger partial charge in [-0.3, -0.25) is 0 Å². The van der Waals surface area contributed by atoms with Gasteiger partial charge in [0.1, 0.15) is 6.29 Å². The zero-order chi connectivity index (χ0) is 8.48. The van der Waals surface area contributed by atoms with E-state index in [0.29, 0.717) is 0 Å². The van der Waals surface area contributed by atoms with E-state index in [-0.39, 0.29) is 11.3 Å². The molecule has 1 fully saturated rings. The third-order valence-electron chi connectivity index (χ3n) is 2.41. The lowest BCUT2D eigenvalue weighted by molar-refractivity contribution is -0.112. The van der Waals surface area contributed by atoms with Crippen LogP contribution >= 0.6 is 11.9 Å². The zero-order valence-corrected chi connectivity index (χ0v) is 8.15. The van der Waals surface area contributed by atoms with Gasteiger partial charge >= 0.3 is 0 Å². The summed E-state index contributed by atoms with van der Waals surface area (Å²) < 4.78 is 2.25. The Morgan fingerprint density at radius 3 is 2.55 bits per heavy atom. The maximum absolute atomic E-state index is 10.6. The van der Waals surface area contributed by atoms with Crippen LogP contribution in [0.1, 0.15) is 13.8 Å². The van der Waals surface area contributed by atoms with Gasteiger partial charge in [0.25, 0.3) is 0 Å². The normalized spacial score (nSPS) is 30.6. The average molecular weight is 173 g/mol. The molecule has 0 unspecified atom stereocenters. The fraction of sp³-hybridized carbons (Fsp3) is 0.875. The number of hydrogen-bond donors (Lipinski definition) is 0. The second-order valence-electron chi connectivity index (χ2n) is 3.74. The standard InChI is InChI=1S/C8H15NOS/c1-8(2)6-9(11-3)4-7(8)5-10/h5,7H,4,6H2,1-3H3/t7-/m0/s1. The lowest BCUT2D eigenvalue weighted by Crippen LogP contribution is -2.22. The first-order valence-corrected chi connectivity index (χ1v) is 5.02. The summed E-state index contributed by atoms with van der Waals surface area (Å²) >= 11 is 1.73. The number of aldehydes is 1.